The predicted octanol–water partition coefficient (Wildman–Crippen LogP) is 1.51. The van der Waals surface area contributed by atoms with Gasteiger partial charge in [-0.15, -0.1) is 0 Å². The Bertz CT molecular complexity index is 299. The van der Waals surface area contributed by atoms with Gasteiger partial charge in [-0.1, -0.05) is 6.07 Å². The van der Waals surface area contributed by atoms with Crippen molar-refractivity contribution in [3.63, 3.8) is 0 Å². The molecule has 1 aromatic heterocycles. The van der Waals surface area contributed by atoms with Gasteiger partial charge in [0.15, 0.2) is 0 Å². The normalized spacial score (nSPS) is 8.62. The molecular formula is C9H10N2O2. The van der Waals surface area contributed by atoms with Gasteiger partial charge >= 0.3 is 0 Å². The van der Waals surface area contributed by atoms with Crippen molar-refractivity contribution in [3.8, 4) is 11.5 Å². The average Bonchev–Trinajstić information content (AvgIpc) is 2.59. The second-order valence-electron chi connectivity index (χ2n) is 2.29. The van der Waals surface area contributed by atoms with Crippen LogP contribution in [-0.4, -0.2) is 20.4 Å². The van der Waals surface area contributed by atoms with Crippen LogP contribution < -0.4 is 0 Å². The van der Waals surface area contributed by atoms with Gasteiger partial charge < -0.3 is 10.2 Å². The van der Waals surface area contributed by atoms with E-state index < -0.39 is 0 Å². The number of aromatic amines is 1. The SMILES string of the molecule is Oc1cccc(O)c1.c1cn[nH]c1. The van der Waals surface area contributed by atoms with E-state index in [0.29, 0.717) is 0 Å². The fraction of sp³-hybridized carbons (Fsp3) is 0. The largest absolute Gasteiger partial charge is 0.508 e. The molecule has 2 aromatic rings. The van der Waals surface area contributed by atoms with Gasteiger partial charge in [0, 0.05) is 18.5 Å². The zero-order valence-corrected chi connectivity index (χ0v) is 6.88. The predicted molar refractivity (Wildman–Crippen MR) is 48.4 cm³/mol. The lowest BCUT2D eigenvalue weighted by atomic mass is 10.3. The molecule has 0 radical (unpaired) electrons. The van der Waals surface area contributed by atoms with Gasteiger partial charge in [0.05, 0.1) is 0 Å². The number of benzene rings is 1. The fourth-order valence-corrected chi connectivity index (χ4v) is 0.708. The number of rotatable bonds is 0. The van der Waals surface area contributed by atoms with Crippen LogP contribution >= 0.6 is 0 Å². The molecule has 4 nitrogen and oxygen atoms in total. The molecule has 1 aromatic carbocycles. The van der Waals surface area contributed by atoms with Gasteiger partial charge in [0.25, 0.3) is 0 Å². The summed E-state index contributed by atoms with van der Waals surface area (Å²) in [5.74, 6) is 0.176. The van der Waals surface area contributed by atoms with Crippen LogP contribution in [0.2, 0.25) is 0 Å². The molecule has 68 valence electrons. The molecule has 13 heavy (non-hydrogen) atoms. The Balaban J connectivity index is 0.000000145. The van der Waals surface area contributed by atoms with Gasteiger partial charge in [-0.3, -0.25) is 5.10 Å². The van der Waals surface area contributed by atoms with Crippen molar-refractivity contribution < 1.29 is 10.2 Å². The van der Waals surface area contributed by atoms with Crippen LogP contribution in [0, 0.1) is 0 Å². The third-order valence-corrected chi connectivity index (χ3v) is 1.24. The summed E-state index contributed by atoms with van der Waals surface area (Å²) in [6.45, 7) is 0. The third kappa shape index (κ3) is 3.81. The van der Waals surface area contributed by atoms with E-state index in [1.165, 1.54) is 18.2 Å². The average molecular weight is 178 g/mol. The molecule has 3 N–H and O–H groups in total. The lowest BCUT2D eigenvalue weighted by Crippen LogP contribution is -1.61. The van der Waals surface area contributed by atoms with E-state index in [2.05, 4.69) is 10.2 Å². The highest BCUT2D eigenvalue weighted by molar-refractivity contribution is 5.30. The lowest BCUT2D eigenvalue weighted by molar-refractivity contribution is 0.450. The zero-order chi connectivity index (χ0) is 9.52. The van der Waals surface area contributed by atoms with E-state index in [0.717, 1.165) is 0 Å². The summed E-state index contributed by atoms with van der Waals surface area (Å²) in [6.07, 6.45) is 3.46. The van der Waals surface area contributed by atoms with Gasteiger partial charge in [-0.2, -0.15) is 5.10 Å². The number of hydrogen-bond donors (Lipinski definition) is 3. The first-order valence-corrected chi connectivity index (χ1v) is 3.71. The number of H-pyrrole nitrogens is 1. The quantitative estimate of drug-likeness (QED) is 0.572. The first-order chi connectivity index (χ1) is 6.29. The van der Waals surface area contributed by atoms with Crippen LogP contribution in [0.15, 0.2) is 42.7 Å². The van der Waals surface area contributed by atoms with E-state index in [1.807, 2.05) is 6.07 Å². The number of aromatic nitrogens is 2. The summed E-state index contributed by atoms with van der Waals surface area (Å²) in [5, 5.41) is 23.5. The van der Waals surface area contributed by atoms with Crippen LogP contribution in [0.1, 0.15) is 0 Å². The second kappa shape index (κ2) is 4.82. The van der Waals surface area contributed by atoms with E-state index in [4.69, 9.17) is 10.2 Å². The molecule has 0 aliphatic carbocycles. The molecule has 0 atom stereocenters. The van der Waals surface area contributed by atoms with Gasteiger partial charge in [0.1, 0.15) is 11.5 Å². The number of phenolic OH excluding ortho intramolecular Hbond substituents is 2. The minimum Gasteiger partial charge on any atom is -0.508 e. The maximum Gasteiger partial charge on any atom is 0.119 e. The van der Waals surface area contributed by atoms with E-state index >= 15 is 0 Å². The molecule has 0 saturated carbocycles. The maximum absolute atomic E-state index is 8.65. The molecule has 0 unspecified atom stereocenters. The van der Waals surface area contributed by atoms with Crippen LogP contribution in [0.25, 0.3) is 0 Å². The fourth-order valence-electron chi connectivity index (χ4n) is 0.708. The topological polar surface area (TPSA) is 69.1 Å². The minimum atomic E-state index is 0.0880. The van der Waals surface area contributed by atoms with Crippen LogP contribution in [0.3, 0.4) is 0 Å². The van der Waals surface area contributed by atoms with Crippen molar-refractivity contribution in [2.75, 3.05) is 0 Å². The van der Waals surface area contributed by atoms with Crippen molar-refractivity contribution in [2.45, 2.75) is 0 Å². The molecule has 2 rings (SSSR count). The Morgan fingerprint density at radius 3 is 2.00 bits per heavy atom. The molecule has 0 aliphatic heterocycles. The van der Waals surface area contributed by atoms with E-state index in [9.17, 15) is 0 Å². The molecule has 4 heteroatoms. The van der Waals surface area contributed by atoms with Crippen molar-refractivity contribution in [2.24, 2.45) is 0 Å². The summed E-state index contributed by atoms with van der Waals surface area (Å²) in [5.41, 5.74) is 0. The number of aromatic hydroxyl groups is 2. The smallest absolute Gasteiger partial charge is 0.119 e. The maximum atomic E-state index is 8.65. The Labute approximate surface area is 75.5 Å². The number of phenols is 2. The monoisotopic (exact) mass is 178 g/mol. The lowest BCUT2D eigenvalue weighted by Gasteiger charge is -1.89. The summed E-state index contributed by atoms with van der Waals surface area (Å²) in [7, 11) is 0. The number of nitrogens with zero attached hydrogens (tertiary/aromatic N) is 1. The number of nitrogens with one attached hydrogen (secondary N) is 1. The van der Waals surface area contributed by atoms with E-state index in [1.54, 1.807) is 18.5 Å². The molecule has 1 heterocycles. The summed E-state index contributed by atoms with van der Waals surface area (Å²) in [4.78, 5) is 0. The van der Waals surface area contributed by atoms with Gasteiger partial charge in [-0.05, 0) is 18.2 Å². The third-order valence-electron chi connectivity index (χ3n) is 1.24. The minimum absolute atomic E-state index is 0.0880. The Morgan fingerprint density at radius 2 is 1.77 bits per heavy atom. The van der Waals surface area contributed by atoms with Crippen molar-refractivity contribution in [1.82, 2.24) is 10.2 Å². The summed E-state index contributed by atoms with van der Waals surface area (Å²) >= 11 is 0. The molecule has 0 fully saturated rings. The number of hydrogen-bond acceptors (Lipinski definition) is 3. The molecular weight excluding hydrogens is 168 g/mol. The van der Waals surface area contributed by atoms with Crippen molar-refractivity contribution in [1.29, 1.82) is 0 Å². The summed E-state index contributed by atoms with van der Waals surface area (Å²) in [6, 6.07) is 7.68. The molecule has 0 bridgehead atoms. The highest BCUT2D eigenvalue weighted by Crippen LogP contribution is 2.14. The second-order valence-corrected chi connectivity index (χ2v) is 2.29. The van der Waals surface area contributed by atoms with Gasteiger partial charge in [0.2, 0.25) is 0 Å². The zero-order valence-electron chi connectivity index (χ0n) is 6.88. The highest BCUT2D eigenvalue weighted by Gasteiger charge is 1.85. The molecule has 0 saturated heterocycles. The van der Waals surface area contributed by atoms with Crippen molar-refractivity contribution >= 4 is 0 Å². The molecule has 0 spiro atoms. The standard InChI is InChI=1S/C6H6O2.C3H4N2/c7-5-2-1-3-6(8)4-5;1-2-4-5-3-1/h1-4,7-8H;1-3H,(H,4,5). The first-order valence-electron chi connectivity index (χ1n) is 3.71. The Hall–Kier alpha value is -1.97. The van der Waals surface area contributed by atoms with Crippen LogP contribution in [0.5, 0.6) is 11.5 Å². The molecule has 0 aliphatic rings. The molecule has 0 amide bonds. The Kier molecular flexibility index (Phi) is 3.38. The van der Waals surface area contributed by atoms with Crippen molar-refractivity contribution in [3.05, 3.63) is 42.7 Å². The summed E-state index contributed by atoms with van der Waals surface area (Å²) < 4.78 is 0. The van der Waals surface area contributed by atoms with E-state index in [-0.39, 0.29) is 11.5 Å². The first kappa shape index (κ1) is 9.12. The van der Waals surface area contributed by atoms with Gasteiger partial charge in [-0.25, -0.2) is 0 Å². The Morgan fingerprint density at radius 1 is 1.08 bits per heavy atom. The van der Waals surface area contributed by atoms with Crippen LogP contribution in [0.4, 0.5) is 0 Å². The van der Waals surface area contributed by atoms with Crippen LogP contribution in [-0.2, 0) is 0 Å². The highest BCUT2D eigenvalue weighted by atomic mass is 16.3.